The summed E-state index contributed by atoms with van der Waals surface area (Å²) in [6.45, 7) is 6.82. The maximum atomic E-state index is 12.6. The first-order chi connectivity index (χ1) is 30.2. The van der Waals surface area contributed by atoms with Crippen LogP contribution in [-0.2, 0) is 28.5 Å². The number of ether oxygens (including phenoxy) is 4. The molecule has 17 nitrogen and oxygen atoms in total. The summed E-state index contributed by atoms with van der Waals surface area (Å²) in [6, 6.07) is -1.13. The van der Waals surface area contributed by atoms with Gasteiger partial charge in [0.2, 0.25) is 0 Å². The number of fused-ring (bicyclic) bond motifs is 2. The fraction of sp³-hybridized carbons (Fsp3) is 0.660. The van der Waals surface area contributed by atoms with Crippen LogP contribution in [0.2, 0.25) is 0 Å². The lowest BCUT2D eigenvalue weighted by Gasteiger charge is -2.45. The van der Waals surface area contributed by atoms with Crippen LogP contribution < -0.4 is 5.73 Å². The minimum absolute atomic E-state index is 0.122. The number of rotatable bonds is 3. The normalized spacial score (nSPS) is 44.8. The van der Waals surface area contributed by atoms with Crippen LogP contribution in [-0.4, -0.2) is 154 Å². The monoisotopic (exact) mass is 907 g/mol. The van der Waals surface area contributed by atoms with Gasteiger partial charge in [-0.15, -0.1) is 0 Å². The molecule has 0 aromatic heterocycles. The molecule has 3 aliphatic rings. The molecule has 0 saturated carbocycles. The molecule has 64 heavy (non-hydrogen) atoms. The zero-order chi connectivity index (χ0) is 47.6. The fourth-order valence-electron chi connectivity index (χ4n) is 8.00. The summed E-state index contributed by atoms with van der Waals surface area (Å²) >= 11 is 0. The molecule has 3 rings (SSSR count). The van der Waals surface area contributed by atoms with Gasteiger partial charge < -0.3 is 75.7 Å². The van der Waals surface area contributed by atoms with Gasteiger partial charge in [-0.3, -0.25) is 9.59 Å². The largest absolute Gasteiger partial charge is 0.481 e. The lowest BCUT2D eigenvalue weighted by atomic mass is 9.82. The molecular weight excluding hydrogens is 835 g/mol. The predicted octanol–water partition coefficient (Wildman–Crippen LogP) is 1.74. The molecule has 3 heterocycles. The second-order valence-corrected chi connectivity index (χ2v) is 17.4. The number of carboxylic acid groups (broad SMARTS) is 1. The van der Waals surface area contributed by atoms with Gasteiger partial charge in [0.25, 0.3) is 0 Å². The number of carbonyl (C=O) groups is 2. The molecule has 0 radical (unpaired) electrons. The SMILES string of the molecule is C[C@@H]1[C@H](O)[C@@H](C)/C=C/C=C/C=C/C=C/C=C/C=C/C=C/[C@H](O[C@@H]2O[C@@H](C)[C@@H](O)[C@H](N)[C@@H]2O)C[C@@H]2O[C@](O)(C[C@@H](O)C[C@@H](O)CCC[C@@H](O)C[C@@H](O)CC(=O)O[C@H]1C)C[C@H](O)[C@H]2C(=O)O. The molecule has 12 N–H and O–H groups in total. The van der Waals surface area contributed by atoms with E-state index < -0.39 is 128 Å². The van der Waals surface area contributed by atoms with Crippen molar-refractivity contribution < 1.29 is 79.6 Å². The van der Waals surface area contributed by atoms with Gasteiger partial charge in [-0.1, -0.05) is 98.9 Å². The van der Waals surface area contributed by atoms with Gasteiger partial charge in [-0.2, -0.15) is 0 Å². The van der Waals surface area contributed by atoms with E-state index in [1.165, 1.54) is 6.08 Å². The summed E-state index contributed by atoms with van der Waals surface area (Å²) < 4.78 is 23.2. The van der Waals surface area contributed by atoms with Crippen molar-refractivity contribution in [2.75, 3.05) is 0 Å². The minimum atomic E-state index is -2.23. The van der Waals surface area contributed by atoms with Crippen LogP contribution in [0.1, 0.15) is 85.5 Å². The van der Waals surface area contributed by atoms with Gasteiger partial charge in [0.1, 0.15) is 18.1 Å². The standard InChI is InChI=1S/C47H73NO16/c1-28-18-15-13-11-9-7-5-6-8-10-12-14-16-21-36(63-46-44(57)41(48)43(56)31(4)62-46)25-38-40(45(58)59)37(53)27-47(60,64-38)26-35(52)23-33(50)20-17-19-32(49)22-34(51)24-39(54)61-30(3)29(2)42(28)55/h5-16,18,21,28-38,40-44,46,49-53,55-57,60H,17,19-20,22-27,48H2,1-4H3,(H,58,59)/b6-5+,9-7+,10-8+,13-11+,14-12+,18-15+,21-16+/t28-,29-,30-,31-,32+,33-,34+,35-,36-,37-,38-,40+,41-,42+,43+,44-,46-,47+/m0/s1. The summed E-state index contributed by atoms with van der Waals surface area (Å²) in [4.78, 5) is 25.1. The van der Waals surface area contributed by atoms with Crippen molar-refractivity contribution in [3.63, 3.8) is 0 Å². The predicted molar refractivity (Wildman–Crippen MR) is 236 cm³/mol. The van der Waals surface area contributed by atoms with E-state index in [-0.39, 0.29) is 50.9 Å². The smallest absolute Gasteiger partial charge is 0.311 e. The van der Waals surface area contributed by atoms with Gasteiger partial charge in [-0.05, 0) is 46.0 Å². The van der Waals surface area contributed by atoms with Crippen molar-refractivity contribution in [2.24, 2.45) is 23.5 Å². The van der Waals surface area contributed by atoms with Gasteiger partial charge in [0.05, 0.1) is 73.5 Å². The number of aliphatic hydroxyl groups excluding tert-OH is 8. The Morgan fingerprint density at radius 3 is 1.78 bits per heavy atom. The maximum absolute atomic E-state index is 12.6. The third-order valence-electron chi connectivity index (χ3n) is 11.9. The number of cyclic esters (lactones) is 1. The Bertz CT molecular complexity index is 1630. The molecule has 0 aromatic rings. The number of carbonyl (C=O) groups excluding carboxylic acids is 1. The van der Waals surface area contributed by atoms with Crippen molar-refractivity contribution in [3.05, 3.63) is 85.1 Å². The Balaban J connectivity index is 1.84. The summed E-state index contributed by atoms with van der Waals surface area (Å²) in [6.07, 6.45) is 7.89. The molecule has 2 saturated heterocycles. The molecule has 0 spiro atoms. The molecule has 2 bridgehead atoms. The van der Waals surface area contributed by atoms with E-state index in [2.05, 4.69) is 0 Å². The van der Waals surface area contributed by atoms with E-state index in [1.54, 1.807) is 63.3 Å². The molecule has 0 amide bonds. The van der Waals surface area contributed by atoms with Crippen LogP contribution in [0.25, 0.3) is 0 Å². The van der Waals surface area contributed by atoms with Crippen molar-refractivity contribution in [3.8, 4) is 0 Å². The third-order valence-corrected chi connectivity index (χ3v) is 11.9. The van der Waals surface area contributed by atoms with Gasteiger partial charge in [0, 0.05) is 31.1 Å². The fourth-order valence-corrected chi connectivity index (χ4v) is 8.00. The number of aliphatic hydroxyl groups is 9. The first-order valence-corrected chi connectivity index (χ1v) is 22.2. The number of allylic oxidation sites excluding steroid dienone is 12. The summed E-state index contributed by atoms with van der Waals surface area (Å²) in [5, 5.41) is 107. The summed E-state index contributed by atoms with van der Waals surface area (Å²) in [5.41, 5.74) is 6.02. The minimum Gasteiger partial charge on any atom is -0.481 e. The topological polar surface area (TPSA) is 299 Å². The van der Waals surface area contributed by atoms with Crippen molar-refractivity contribution in [2.45, 2.75) is 177 Å². The molecule has 0 aromatic carbocycles. The maximum Gasteiger partial charge on any atom is 0.311 e. The first-order valence-electron chi connectivity index (χ1n) is 22.2. The quantitative estimate of drug-likeness (QED) is 0.180. The van der Waals surface area contributed by atoms with E-state index in [4.69, 9.17) is 24.7 Å². The second-order valence-electron chi connectivity index (χ2n) is 17.4. The number of carboxylic acids is 1. The Labute approximate surface area is 376 Å². The van der Waals surface area contributed by atoms with Crippen LogP contribution in [0, 0.1) is 17.8 Å². The zero-order valence-corrected chi connectivity index (χ0v) is 37.3. The van der Waals surface area contributed by atoms with Crippen molar-refractivity contribution >= 4 is 11.9 Å². The van der Waals surface area contributed by atoms with E-state index in [0.29, 0.717) is 0 Å². The number of esters is 1. The molecule has 0 aliphatic carbocycles. The van der Waals surface area contributed by atoms with Gasteiger partial charge >= 0.3 is 11.9 Å². The van der Waals surface area contributed by atoms with Crippen LogP contribution in [0.3, 0.4) is 0 Å². The Morgan fingerprint density at radius 2 is 1.22 bits per heavy atom. The highest BCUT2D eigenvalue weighted by Crippen LogP contribution is 2.38. The number of aliphatic carboxylic acids is 1. The van der Waals surface area contributed by atoms with Crippen LogP contribution in [0.15, 0.2) is 85.1 Å². The lowest BCUT2D eigenvalue weighted by Crippen LogP contribution is -2.61. The first kappa shape index (κ1) is 54.9. The van der Waals surface area contributed by atoms with Gasteiger partial charge in [-0.25, -0.2) is 0 Å². The molecular formula is C47H73NO16. The summed E-state index contributed by atoms with van der Waals surface area (Å²) in [5.74, 6) is -6.55. The van der Waals surface area contributed by atoms with E-state index in [9.17, 15) is 60.7 Å². The van der Waals surface area contributed by atoms with E-state index in [0.717, 1.165) is 0 Å². The van der Waals surface area contributed by atoms with E-state index >= 15 is 0 Å². The second kappa shape index (κ2) is 27.3. The van der Waals surface area contributed by atoms with Crippen LogP contribution >= 0.6 is 0 Å². The van der Waals surface area contributed by atoms with E-state index in [1.807, 2.05) is 43.4 Å². The molecule has 2 fully saturated rings. The Morgan fingerprint density at radius 1 is 0.688 bits per heavy atom. The average Bonchev–Trinajstić information content (AvgIpc) is 3.20. The van der Waals surface area contributed by atoms with Crippen molar-refractivity contribution in [1.29, 1.82) is 0 Å². The zero-order valence-electron chi connectivity index (χ0n) is 37.3. The molecule has 0 unspecified atom stereocenters. The highest BCUT2D eigenvalue weighted by molar-refractivity contribution is 5.71. The van der Waals surface area contributed by atoms with Crippen LogP contribution in [0.4, 0.5) is 0 Å². The van der Waals surface area contributed by atoms with Gasteiger partial charge in [0.15, 0.2) is 12.1 Å². The number of nitrogens with two attached hydrogens (primary N) is 1. The third kappa shape index (κ3) is 18.5. The Kier molecular flexibility index (Phi) is 23.4. The lowest BCUT2D eigenvalue weighted by molar-refractivity contribution is -0.308. The highest BCUT2D eigenvalue weighted by atomic mass is 16.7. The molecule has 3 aliphatic heterocycles. The number of hydrogen-bond acceptors (Lipinski definition) is 16. The summed E-state index contributed by atoms with van der Waals surface area (Å²) in [7, 11) is 0. The Hall–Kier alpha value is -3.40. The molecule has 362 valence electrons. The molecule has 18 atom stereocenters. The average molecular weight is 908 g/mol. The number of hydrogen-bond donors (Lipinski definition) is 11. The molecule has 17 heteroatoms. The van der Waals surface area contributed by atoms with Crippen molar-refractivity contribution in [1.82, 2.24) is 0 Å². The highest BCUT2D eigenvalue weighted by Gasteiger charge is 2.51. The van der Waals surface area contributed by atoms with Crippen LogP contribution in [0.5, 0.6) is 0 Å².